The summed E-state index contributed by atoms with van der Waals surface area (Å²) in [5.41, 5.74) is 6.99. The Morgan fingerprint density at radius 3 is 2.56 bits per heavy atom. The molecule has 8 nitrogen and oxygen atoms in total. The number of nitrogens with one attached hydrogen (secondary N) is 1. The van der Waals surface area contributed by atoms with Crippen molar-refractivity contribution in [2.75, 3.05) is 12.5 Å². The number of amides is 2. The van der Waals surface area contributed by atoms with Crippen molar-refractivity contribution in [1.29, 1.82) is 0 Å². The van der Waals surface area contributed by atoms with E-state index in [1.807, 2.05) is 13.0 Å². The van der Waals surface area contributed by atoms with Gasteiger partial charge in [0.05, 0.1) is 16.8 Å². The van der Waals surface area contributed by atoms with E-state index in [0.717, 1.165) is 18.1 Å². The molecule has 1 aromatic heterocycles. The summed E-state index contributed by atoms with van der Waals surface area (Å²) in [6.45, 7) is 2.12. The molecule has 2 aromatic rings. The van der Waals surface area contributed by atoms with Crippen molar-refractivity contribution >= 4 is 17.6 Å². The van der Waals surface area contributed by atoms with Gasteiger partial charge in [-0.25, -0.2) is 0 Å². The third kappa shape index (κ3) is 2.18. The number of nitrogens with zero attached hydrogens (tertiary/aromatic N) is 1. The lowest BCUT2D eigenvalue weighted by molar-refractivity contribution is 0.0880. The van der Waals surface area contributed by atoms with Crippen molar-refractivity contribution in [1.82, 2.24) is 9.88 Å². The summed E-state index contributed by atoms with van der Waals surface area (Å²) in [7, 11) is 0. The van der Waals surface area contributed by atoms with Crippen LogP contribution >= 0.6 is 0 Å². The molecule has 0 aliphatic carbocycles. The topological polar surface area (TPSA) is 113 Å². The summed E-state index contributed by atoms with van der Waals surface area (Å²) < 4.78 is 12.0. The van der Waals surface area contributed by atoms with Gasteiger partial charge in [-0.3, -0.25) is 24.3 Å². The van der Waals surface area contributed by atoms with Crippen molar-refractivity contribution in [3.8, 4) is 17.2 Å². The number of aryl methyl sites for hydroxylation is 1. The normalized spacial score (nSPS) is 14.6. The number of hydrogen-bond donors (Lipinski definition) is 2. The first-order chi connectivity index (χ1) is 12.0. The number of carbonyl (C=O) groups is 2. The summed E-state index contributed by atoms with van der Waals surface area (Å²) >= 11 is 0. The molecule has 2 aliphatic rings. The molecule has 128 valence electrons. The fourth-order valence-electron chi connectivity index (χ4n) is 3.18. The van der Waals surface area contributed by atoms with E-state index in [2.05, 4.69) is 5.32 Å². The number of nitrogens with two attached hydrogens (primary N) is 1. The highest BCUT2D eigenvalue weighted by Crippen LogP contribution is 2.37. The van der Waals surface area contributed by atoms with Crippen LogP contribution in [0.25, 0.3) is 5.69 Å². The first-order valence-corrected chi connectivity index (χ1v) is 7.85. The third-order valence-corrected chi connectivity index (χ3v) is 4.29. The minimum absolute atomic E-state index is 0.00142. The van der Waals surface area contributed by atoms with E-state index in [1.54, 1.807) is 6.07 Å². The van der Waals surface area contributed by atoms with Gasteiger partial charge in [-0.1, -0.05) is 13.3 Å². The van der Waals surface area contributed by atoms with Crippen molar-refractivity contribution in [3.63, 3.8) is 0 Å². The average Bonchev–Trinajstić information content (AvgIpc) is 3.12. The molecule has 8 heteroatoms. The number of anilines is 1. The highest BCUT2D eigenvalue weighted by atomic mass is 16.7. The second-order valence-electron chi connectivity index (χ2n) is 5.86. The van der Waals surface area contributed by atoms with Crippen molar-refractivity contribution in [3.05, 3.63) is 45.2 Å². The smallest absolute Gasteiger partial charge is 0.262 e. The number of imide groups is 1. The van der Waals surface area contributed by atoms with Crippen LogP contribution in [0.1, 0.15) is 39.6 Å². The van der Waals surface area contributed by atoms with Gasteiger partial charge in [0.2, 0.25) is 6.79 Å². The van der Waals surface area contributed by atoms with Crippen LogP contribution in [0, 0.1) is 0 Å². The van der Waals surface area contributed by atoms with E-state index >= 15 is 0 Å². The Hall–Kier alpha value is -3.29. The maximum absolute atomic E-state index is 12.6. The largest absolute Gasteiger partial charge is 0.454 e. The molecule has 0 saturated carbocycles. The second kappa shape index (κ2) is 5.37. The SMILES string of the molecule is CCCc1cc2c(cc1-n1c(N)c3c(cc1=O)C(=O)NC3=O)OCO2. The van der Waals surface area contributed by atoms with Crippen molar-refractivity contribution in [2.45, 2.75) is 19.8 Å². The fourth-order valence-corrected chi connectivity index (χ4v) is 3.18. The van der Waals surface area contributed by atoms with Gasteiger partial charge in [0, 0.05) is 12.1 Å². The summed E-state index contributed by atoms with van der Waals surface area (Å²) in [6, 6.07) is 4.61. The zero-order valence-electron chi connectivity index (χ0n) is 13.4. The molecule has 3 heterocycles. The summed E-state index contributed by atoms with van der Waals surface area (Å²) in [6.07, 6.45) is 1.52. The molecular formula is C17H15N3O5. The maximum atomic E-state index is 12.6. The summed E-state index contributed by atoms with van der Waals surface area (Å²) in [5.74, 6) is -0.184. The van der Waals surface area contributed by atoms with E-state index in [0.29, 0.717) is 23.6 Å². The number of nitrogen functional groups attached to an aromatic ring is 1. The van der Waals surface area contributed by atoms with Crippen LogP contribution in [-0.2, 0) is 6.42 Å². The standard InChI is InChI=1S/C17H15N3O5/c1-2-3-8-4-11-12(25-7-24-11)6-10(8)20-13(21)5-9-14(15(20)18)17(23)19-16(9)22/h4-6H,2-3,7,18H2,1H3,(H,19,22,23). The first kappa shape index (κ1) is 15.3. The molecule has 2 aliphatic heterocycles. The Bertz CT molecular complexity index is 993. The Kier molecular flexibility index (Phi) is 3.28. The lowest BCUT2D eigenvalue weighted by atomic mass is 10.1. The first-order valence-electron chi connectivity index (χ1n) is 7.85. The number of ether oxygens (including phenoxy) is 2. The number of rotatable bonds is 3. The molecule has 1 aromatic carbocycles. The lowest BCUT2D eigenvalue weighted by Crippen LogP contribution is -2.25. The highest BCUT2D eigenvalue weighted by molar-refractivity contribution is 6.23. The quantitative estimate of drug-likeness (QED) is 0.805. The molecule has 2 amide bonds. The predicted molar refractivity (Wildman–Crippen MR) is 88.4 cm³/mol. The molecule has 0 atom stereocenters. The Labute approximate surface area is 142 Å². The zero-order chi connectivity index (χ0) is 17.7. The van der Waals surface area contributed by atoms with E-state index in [-0.39, 0.29) is 23.7 Å². The van der Waals surface area contributed by atoms with Crippen molar-refractivity contribution < 1.29 is 19.1 Å². The number of fused-ring (bicyclic) bond motifs is 2. The van der Waals surface area contributed by atoms with Crippen LogP contribution in [0.15, 0.2) is 23.0 Å². The molecule has 25 heavy (non-hydrogen) atoms. The minimum Gasteiger partial charge on any atom is -0.454 e. The monoisotopic (exact) mass is 341 g/mol. The van der Waals surface area contributed by atoms with Crippen LogP contribution in [0.3, 0.4) is 0 Å². The number of pyridine rings is 1. The van der Waals surface area contributed by atoms with Gasteiger partial charge in [-0.15, -0.1) is 0 Å². The molecule has 0 radical (unpaired) electrons. The predicted octanol–water partition coefficient (Wildman–Crippen LogP) is 0.984. The fraction of sp³-hybridized carbons (Fsp3) is 0.235. The molecule has 0 bridgehead atoms. The van der Waals surface area contributed by atoms with Gasteiger partial charge in [-0.05, 0) is 18.1 Å². The molecule has 0 spiro atoms. The highest BCUT2D eigenvalue weighted by Gasteiger charge is 2.32. The molecule has 4 rings (SSSR count). The van der Waals surface area contributed by atoms with E-state index < -0.39 is 17.4 Å². The Morgan fingerprint density at radius 1 is 1.12 bits per heavy atom. The summed E-state index contributed by atoms with van der Waals surface area (Å²) in [4.78, 5) is 36.4. The zero-order valence-corrected chi connectivity index (χ0v) is 13.4. The molecule has 0 saturated heterocycles. The minimum atomic E-state index is -0.615. The van der Waals surface area contributed by atoms with Gasteiger partial charge in [-0.2, -0.15) is 0 Å². The van der Waals surface area contributed by atoms with Gasteiger partial charge < -0.3 is 15.2 Å². The Morgan fingerprint density at radius 2 is 1.84 bits per heavy atom. The second-order valence-corrected chi connectivity index (χ2v) is 5.86. The average molecular weight is 341 g/mol. The van der Waals surface area contributed by atoms with Crippen molar-refractivity contribution in [2.24, 2.45) is 0 Å². The van der Waals surface area contributed by atoms with Gasteiger partial charge >= 0.3 is 0 Å². The van der Waals surface area contributed by atoms with E-state index in [9.17, 15) is 14.4 Å². The summed E-state index contributed by atoms with van der Waals surface area (Å²) in [5, 5.41) is 2.16. The molecule has 3 N–H and O–H groups in total. The molecular weight excluding hydrogens is 326 g/mol. The molecule has 0 unspecified atom stereocenters. The lowest BCUT2D eigenvalue weighted by Gasteiger charge is -2.16. The number of benzene rings is 1. The van der Waals surface area contributed by atoms with Crippen LogP contribution in [0.4, 0.5) is 5.82 Å². The van der Waals surface area contributed by atoms with Crippen LogP contribution in [0.5, 0.6) is 11.5 Å². The van der Waals surface area contributed by atoms with Gasteiger partial charge in [0.25, 0.3) is 17.4 Å². The van der Waals surface area contributed by atoms with E-state index in [4.69, 9.17) is 15.2 Å². The molecule has 0 fully saturated rings. The number of hydrogen-bond acceptors (Lipinski definition) is 6. The maximum Gasteiger partial charge on any atom is 0.262 e. The van der Waals surface area contributed by atoms with Crippen LogP contribution < -0.4 is 26.1 Å². The Balaban J connectivity index is 2.00. The van der Waals surface area contributed by atoms with Crippen LogP contribution in [-0.4, -0.2) is 23.2 Å². The van der Waals surface area contributed by atoms with Crippen LogP contribution in [0.2, 0.25) is 0 Å². The van der Waals surface area contributed by atoms with Gasteiger partial charge in [0.15, 0.2) is 11.5 Å². The van der Waals surface area contributed by atoms with Gasteiger partial charge in [0.1, 0.15) is 5.82 Å². The number of carbonyl (C=O) groups excluding carboxylic acids is 2. The number of aromatic nitrogens is 1. The van der Waals surface area contributed by atoms with E-state index in [1.165, 1.54) is 4.57 Å². The third-order valence-electron chi connectivity index (χ3n) is 4.29.